The largest absolute Gasteiger partial charge is 0.243 e. The van der Waals surface area contributed by atoms with Gasteiger partial charge in [0.1, 0.15) is 11.0 Å². The van der Waals surface area contributed by atoms with E-state index in [1.165, 1.54) is 0 Å². The minimum absolute atomic E-state index is 0.247. The molecule has 2 heterocycles. The summed E-state index contributed by atoms with van der Waals surface area (Å²) in [5, 5.41) is 7.81. The summed E-state index contributed by atoms with van der Waals surface area (Å²) in [6.07, 6.45) is 0.700. The van der Waals surface area contributed by atoms with Gasteiger partial charge < -0.3 is 0 Å². The lowest BCUT2D eigenvalue weighted by Gasteiger charge is -2.15. The Hall–Kier alpha value is -2.25. The van der Waals surface area contributed by atoms with Crippen LogP contribution in [-0.4, -0.2) is 35.3 Å². The molecule has 0 saturated carbocycles. The molecule has 1 aromatic heterocycles. The maximum absolute atomic E-state index is 12.0. The molecular weight excluding hydrogens is 314 g/mol. The number of hydrogen-bond acceptors (Lipinski definition) is 5. The van der Waals surface area contributed by atoms with Gasteiger partial charge in [-0.15, -0.1) is 0 Å². The summed E-state index contributed by atoms with van der Waals surface area (Å²) in [6, 6.07) is 13.6. The number of nitrogens with zero attached hydrogens (tertiary/aromatic N) is 3. The van der Waals surface area contributed by atoms with E-state index in [4.69, 9.17) is 4.63 Å². The van der Waals surface area contributed by atoms with Crippen molar-refractivity contribution in [3.63, 3.8) is 0 Å². The average molecular weight is 329 g/mol. The Morgan fingerprint density at radius 1 is 1.13 bits per heavy atom. The Labute approximate surface area is 133 Å². The molecule has 0 radical (unpaired) electrons. The van der Waals surface area contributed by atoms with Crippen LogP contribution in [0.2, 0.25) is 0 Å². The van der Waals surface area contributed by atoms with Crippen LogP contribution in [0.5, 0.6) is 0 Å². The van der Waals surface area contributed by atoms with Crippen LogP contribution in [0.15, 0.2) is 47.1 Å². The summed E-state index contributed by atoms with van der Waals surface area (Å²) in [7, 11) is -3.09. The van der Waals surface area contributed by atoms with E-state index in [1.54, 1.807) is 4.31 Å². The van der Waals surface area contributed by atoms with Crippen molar-refractivity contribution in [3.8, 4) is 11.1 Å². The molecule has 23 heavy (non-hydrogen) atoms. The molecule has 118 valence electrons. The van der Waals surface area contributed by atoms with Gasteiger partial charge >= 0.3 is 0 Å². The van der Waals surface area contributed by atoms with Gasteiger partial charge in [0.2, 0.25) is 10.0 Å². The van der Waals surface area contributed by atoms with Gasteiger partial charge in [-0.05, 0) is 40.0 Å². The first kappa shape index (κ1) is 14.3. The minimum atomic E-state index is -3.09. The van der Waals surface area contributed by atoms with Crippen LogP contribution in [0.25, 0.3) is 22.2 Å². The molecule has 0 unspecified atom stereocenters. The monoisotopic (exact) mass is 329 g/mol. The molecule has 2 aromatic carbocycles. The van der Waals surface area contributed by atoms with E-state index in [1.807, 2.05) is 42.5 Å². The highest BCUT2D eigenvalue weighted by molar-refractivity contribution is 7.89. The van der Waals surface area contributed by atoms with E-state index in [2.05, 4.69) is 10.3 Å². The summed E-state index contributed by atoms with van der Waals surface area (Å²) in [6.45, 7) is 0.999. The Balaban J connectivity index is 1.70. The lowest BCUT2D eigenvalue weighted by molar-refractivity contribution is 0.315. The van der Waals surface area contributed by atoms with E-state index in [9.17, 15) is 8.42 Å². The molecule has 1 aliphatic heterocycles. The van der Waals surface area contributed by atoms with Crippen molar-refractivity contribution in [2.45, 2.75) is 13.0 Å². The van der Waals surface area contributed by atoms with Crippen molar-refractivity contribution in [2.75, 3.05) is 12.3 Å². The van der Waals surface area contributed by atoms with Crippen LogP contribution < -0.4 is 0 Å². The van der Waals surface area contributed by atoms with Crippen molar-refractivity contribution in [2.24, 2.45) is 0 Å². The molecule has 6 nitrogen and oxygen atoms in total. The highest BCUT2D eigenvalue weighted by atomic mass is 32.2. The fourth-order valence-electron chi connectivity index (χ4n) is 2.95. The number of aromatic nitrogens is 2. The van der Waals surface area contributed by atoms with Crippen LogP contribution in [0, 0.1) is 0 Å². The van der Waals surface area contributed by atoms with Crippen LogP contribution >= 0.6 is 0 Å². The van der Waals surface area contributed by atoms with Crippen molar-refractivity contribution < 1.29 is 13.0 Å². The van der Waals surface area contributed by atoms with Gasteiger partial charge in [-0.1, -0.05) is 30.3 Å². The number of fused-ring (bicyclic) bond motifs is 1. The maximum atomic E-state index is 12.0. The average Bonchev–Trinajstić information content (AvgIpc) is 3.14. The van der Waals surface area contributed by atoms with Crippen LogP contribution in [0.3, 0.4) is 0 Å². The summed E-state index contributed by atoms with van der Waals surface area (Å²) < 4.78 is 30.3. The normalized spacial score (nSPS) is 17.7. The van der Waals surface area contributed by atoms with Gasteiger partial charge in [-0.25, -0.2) is 13.0 Å². The fraction of sp³-hybridized carbons (Fsp3) is 0.250. The zero-order valence-corrected chi connectivity index (χ0v) is 13.2. The van der Waals surface area contributed by atoms with Crippen molar-refractivity contribution >= 4 is 21.1 Å². The first-order valence-electron chi connectivity index (χ1n) is 7.42. The van der Waals surface area contributed by atoms with E-state index in [0.717, 1.165) is 16.7 Å². The van der Waals surface area contributed by atoms with Gasteiger partial charge in [-0.3, -0.25) is 0 Å². The van der Waals surface area contributed by atoms with Gasteiger partial charge in [0, 0.05) is 18.7 Å². The molecular formula is C16H15N3O3S. The minimum Gasteiger partial charge on any atom is -0.243 e. The summed E-state index contributed by atoms with van der Waals surface area (Å²) in [4.78, 5) is 0. The molecule has 3 aromatic rings. The third-order valence-electron chi connectivity index (χ3n) is 4.09. The van der Waals surface area contributed by atoms with E-state index >= 15 is 0 Å². The molecule has 1 saturated heterocycles. The topological polar surface area (TPSA) is 76.3 Å². The second-order valence-corrected chi connectivity index (χ2v) is 7.73. The lowest BCUT2D eigenvalue weighted by Crippen LogP contribution is -2.25. The van der Waals surface area contributed by atoms with Crippen LogP contribution in [0.1, 0.15) is 12.0 Å². The summed E-state index contributed by atoms with van der Waals surface area (Å²) >= 11 is 0. The standard InChI is InChI=1S/C16H15N3O3S/c20-23(21)9-3-8-19(23)11-12-4-1-5-13(10-12)14-6-2-7-15-16(14)18-22-17-15/h1-2,4-7,10H,3,8-9,11H2. The second kappa shape index (κ2) is 5.43. The maximum Gasteiger partial charge on any atom is 0.214 e. The fourth-order valence-corrected chi connectivity index (χ4v) is 4.45. The number of rotatable bonds is 3. The zero-order chi connectivity index (χ0) is 15.9. The third-order valence-corrected chi connectivity index (χ3v) is 5.99. The third kappa shape index (κ3) is 2.62. The molecule has 0 atom stereocenters. The second-order valence-electron chi connectivity index (χ2n) is 5.64. The molecule has 0 N–H and O–H groups in total. The van der Waals surface area contributed by atoms with Gasteiger partial charge in [0.05, 0.1) is 5.75 Å². The summed E-state index contributed by atoms with van der Waals surface area (Å²) in [5.41, 5.74) is 4.27. The van der Waals surface area contributed by atoms with Gasteiger partial charge in [0.25, 0.3) is 0 Å². The zero-order valence-electron chi connectivity index (χ0n) is 12.3. The van der Waals surface area contributed by atoms with Crippen LogP contribution in [-0.2, 0) is 16.6 Å². The van der Waals surface area contributed by atoms with Crippen molar-refractivity contribution in [1.82, 2.24) is 14.6 Å². The van der Waals surface area contributed by atoms with Crippen LogP contribution in [0.4, 0.5) is 0 Å². The molecule has 1 aliphatic rings. The predicted octanol–water partition coefficient (Wildman–Crippen LogP) is 2.43. The van der Waals surface area contributed by atoms with Crippen molar-refractivity contribution in [3.05, 3.63) is 48.0 Å². The molecule has 4 rings (SSSR count). The Morgan fingerprint density at radius 3 is 2.83 bits per heavy atom. The first-order valence-corrected chi connectivity index (χ1v) is 9.03. The SMILES string of the molecule is O=S1(=O)CCCN1Cc1cccc(-c2cccc3nonc23)c1. The Bertz CT molecular complexity index is 965. The molecule has 0 spiro atoms. The number of hydrogen-bond donors (Lipinski definition) is 0. The number of sulfonamides is 1. The van der Waals surface area contributed by atoms with Gasteiger partial charge in [0.15, 0.2) is 0 Å². The first-order chi connectivity index (χ1) is 11.1. The Morgan fingerprint density at radius 2 is 2.00 bits per heavy atom. The lowest BCUT2D eigenvalue weighted by atomic mass is 10.0. The van der Waals surface area contributed by atoms with Crippen molar-refractivity contribution in [1.29, 1.82) is 0 Å². The number of benzene rings is 2. The highest BCUT2D eigenvalue weighted by Crippen LogP contribution is 2.28. The molecule has 0 amide bonds. The van der Waals surface area contributed by atoms with E-state index in [-0.39, 0.29) is 5.75 Å². The molecule has 7 heteroatoms. The molecule has 0 bridgehead atoms. The predicted molar refractivity (Wildman–Crippen MR) is 86.1 cm³/mol. The summed E-state index contributed by atoms with van der Waals surface area (Å²) in [5.74, 6) is 0.247. The molecule has 1 fully saturated rings. The van der Waals surface area contributed by atoms with E-state index < -0.39 is 10.0 Å². The Kier molecular flexibility index (Phi) is 3.39. The smallest absolute Gasteiger partial charge is 0.214 e. The quantitative estimate of drug-likeness (QED) is 0.737. The van der Waals surface area contributed by atoms with E-state index in [0.29, 0.717) is 30.5 Å². The highest BCUT2D eigenvalue weighted by Gasteiger charge is 2.28. The van der Waals surface area contributed by atoms with Gasteiger partial charge in [-0.2, -0.15) is 4.31 Å². The molecule has 0 aliphatic carbocycles.